The van der Waals surface area contributed by atoms with Crippen molar-refractivity contribution in [2.75, 3.05) is 117 Å². The van der Waals surface area contributed by atoms with Gasteiger partial charge in [-0.05, 0) is 12.8 Å². The van der Waals surface area contributed by atoms with Gasteiger partial charge in [0.05, 0.1) is 99.1 Å². The van der Waals surface area contributed by atoms with Crippen molar-refractivity contribution < 1.29 is 37.9 Å². The number of halogens is 2. The Morgan fingerprint density at radius 2 is 0.625 bits per heavy atom. The molecule has 0 aromatic heterocycles. The summed E-state index contributed by atoms with van der Waals surface area (Å²) in [4.78, 5) is 0. The molecule has 0 amide bonds. The highest BCUT2D eigenvalue weighted by molar-refractivity contribution is 9.09. The predicted molar refractivity (Wildman–Crippen MR) is 130 cm³/mol. The van der Waals surface area contributed by atoms with E-state index in [2.05, 4.69) is 15.9 Å². The third-order valence-electron chi connectivity index (χ3n) is 4.00. The van der Waals surface area contributed by atoms with E-state index in [9.17, 15) is 0 Å². The van der Waals surface area contributed by atoms with Gasteiger partial charge in [-0.2, -0.15) is 0 Å². The van der Waals surface area contributed by atoms with Crippen LogP contribution < -0.4 is 0 Å². The zero-order valence-electron chi connectivity index (χ0n) is 19.6. The fourth-order valence-electron chi connectivity index (χ4n) is 2.35. The largest absolute Gasteiger partial charge is 0.379 e. The highest BCUT2D eigenvalue weighted by Crippen LogP contribution is 2.01. The SMILES string of the molecule is ClCCCCCCOCCOCCOCCOCCOCCOCCOCCOCCBr. The van der Waals surface area contributed by atoms with Crippen LogP contribution in [-0.2, 0) is 37.9 Å². The third-order valence-corrected chi connectivity index (χ3v) is 4.59. The van der Waals surface area contributed by atoms with Gasteiger partial charge >= 0.3 is 0 Å². The summed E-state index contributed by atoms with van der Waals surface area (Å²) >= 11 is 8.93. The van der Waals surface area contributed by atoms with Crippen LogP contribution >= 0.6 is 27.5 Å². The third kappa shape index (κ3) is 30.5. The van der Waals surface area contributed by atoms with Gasteiger partial charge in [-0.25, -0.2) is 0 Å². The van der Waals surface area contributed by atoms with Crippen molar-refractivity contribution in [2.45, 2.75) is 25.7 Å². The van der Waals surface area contributed by atoms with E-state index in [4.69, 9.17) is 49.5 Å². The fraction of sp³-hybridized carbons (Fsp3) is 1.00. The van der Waals surface area contributed by atoms with E-state index in [-0.39, 0.29) is 0 Å². The fourth-order valence-corrected chi connectivity index (χ4v) is 2.77. The maximum Gasteiger partial charge on any atom is 0.0701 e. The smallest absolute Gasteiger partial charge is 0.0701 e. The molecule has 0 rings (SSSR count). The molecule has 0 spiro atoms. The van der Waals surface area contributed by atoms with Gasteiger partial charge in [0.15, 0.2) is 0 Å². The Labute approximate surface area is 207 Å². The van der Waals surface area contributed by atoms with Gasteiger partial charge in [0.2, 0.25) is 0 Å². The van der Waals surface area contributed by atoms with Crippen molar-refractivity contribution in [3.63, 3.8) is 0 Å². The van der Waals surface area contributed by atoms with E-state index >= 15 is 0 Å². The first-order valence-corrected chi connectivity index (χ1v) is 13.3. The number of unbranched alkanes of at least 4 members (excludes halogenated alkanes) is 3. The summed E-state index contributed by atoms with van der Waals surface area (Å²) in [5, 5.41) is 0.845. The molecule has 10 heteroatoms. The van der Waals surface area contributed by atoms with Crippen LogP contribution in [0, 0.1) is 0 Å². The molecule has 8 nitrogen and oxygen atoms in total. The molecule has 0 radical (unpaired) electrons. The van der Waals surface area contributed by atoms with Gasteiger partial charge in [0.25, 0.3) is 0 Å². The summed E-state index contributed by atoms with van der Waals surface area (Å²) in [7, 11) is 0. The molecule has 0 saturated carbocycles. The molecule has 0 aliphatic rings. The van der Waals surface area contributed by atoms with Gasteiger partial charge in [-0.15, -0.1) is 11.6 Å². The Kier molecular flexibility index (Phi) is 31.9. The average molecular weight is 552 g/mol. The molecule has 0 heterocycles. The quantitative estimate of drug-likeness (QED) is 0.104. The van der Waals surface area contributed by atoms with Crippen molar-refractivity contribution in [1.82, 2.24) is 0 Å². The van der Waals surface area contributed by atoms with Crippen molar-refractivity contribution in [3.05, 3.63) is 0 Å². The topological polar surface area (TPSA) is 73.8 Å². The number of rotatable bonds is 29. The van der Waals surface area contributed by atoms with Crippen LogP contribution in [-0.4, -0.2) is 117 Å². The van der Waals surface area contributed by atoms with Crippen LogP contribution in [0.15, 0.2) is 0 Å². The zero-order valence-corrected chi connectivity index (χ0v) is 21.9. The van der Waals surface area contributed by atoms with Crippen LogP contribution in [0.3, 0.4) is 0 Å². The molecule has 0 bridgehead atoms. The van der Waals surface area contributed by atoms with Crippen molar-refractivity contribution in [1.29, 1.82) is 0 Å². The van der Waals surface area contributed by atoms with Gasteiger partial charge in [0.1, 0.15) is 0 Å². The Bertz CT molecular complexity index is 302. The van der Waals surface area contributed by atoms with Crippen LogP contribution in [0.25, 0.3) is 0 Å². The van der Waals surface area contributed by atoms with Gasteiger partial charge < -0.3 is 37.9 Å². The normalized spacial score (nSPS) is 11.4. The zero-order chi connectivity index (χ0) is 23.2. The number of alkyl halides is 2. The monoisotopic (exact) mass is 550 g/mol. The van der Waals surface area contributed by atoms with Gasteiger partial charge in [-0.1, -0.05) is 28.8 Å². The average Bonchev–Trinajstić information content (AvgIpc) is 2.81. The lowest BCUT2D eigenvalue weighted by molar-refractivity contribution is -0.0228. The highest BCUT2D eigenvalue weighted by atomic mass is 79.9. The Hall–Kier alpha value is 0.450. The van der Waals surface area contributed by atoms with Crippen molar-refractivity contribution in [2.24, 2.45) is 0 Å². The minimum absolute atomic E-state index is 0.542. The van der Waals surface area contributed by atoms with Gasteiger partial charge in [-0.3, -0.25) is 0 Å². The summed E-state index contributed by atoms with van der Waals surface area (Å²) in [6, 6.07) is 0. The second-order valence-electron chi connectivity index (χ2n) is 6.69. The maximum absolute atomic E-state index is 5.63. The van der Waals surface area contributed by atoms with Crippen LogP contribution in [0.4, 0.5) is 0 Å². The molecule has 32 heavy (non-hydrogen) atoms. The molecule has 0 aromatic rings. The lowest BCUT2D eigenvalue weighted by Crippen LogP contribution is -2.15. The first-order chi connectivity index (χ1) is 15.9. The molecule has 0 N–H and O–H groups in total. The van der Waals surface area contributed by atoms with E-state index in [1.54, 1.807) is 0 Å². The summed E-state index contributed by atoms with van der Waals surface area (Å²) < 4.78 is 43.4. The van der Waals surface area contributed by atoms with Crippen molar-refractivity contribution in [3.8, 4) is 0 Å². The molecule has 0 aliphatic heterocycles. The van der Waals surface area contributed by atoms with Crippen LogP contribution in [0.1, 0.15) is 25.7 Å². The number of hydrogen-bond donors (Lipinski definition) is 0. The summed E-state index contributed by atoms with van der Waals surface area (Å²) in [6.07, 6.45) is 4.53. The second-order valence-corrected chi connectivity index (χ2v) is 7.86. The maximum atomic E-state index is 5.63. The minimum Gasteiger partial charge on any atom is -0.379 e. The van der Waals surface area contributed by atoms with E-state index in [1.807, 2.05) is 0 Å². The summed E-state index contributed by atoms with van der Waals surface area (Å²) in [6.45, 7) is 9.44. The predicted octanol–water partition coefficient (Wildman–Crippen LogP) is 3.31. The van der Waals surface area contributed by atoms with Gasteiger partial charge in [0, 0.05) is 17.8 Å². The highest BCUT2D eigenvalue weighted by Gasteiger charge is 1.95. The number of ether oxygens (including phenoxy) is 8. The van der Waals surface area contributed by atoms with E-state index in [1.165, 1.54) is 12.8 Å². The van der Waals surface area contributed by atoms with E-state index < -0.39 is 0 Å². The molecule has 0 aromatic carbocycles. The van der Waals surface area contributed by atoms with E-state index in [0.717, 1.165) is 30.7 Å². The van der Waals surface area contributed by atoms with Crippen LogP contribution in [0.5, 0.6) is 0 Å². The molecule has 0 atom stereocenters. The molecule has 0 unspecified atom stereocenters. The Balaban J connectivity index is 2.98. The first-order valence-electron chi connectivity index (χ1n) is 11.7. The lowest BCUT2D eigenvalue weighted by Gasteiger charge is -2.08. The summed E-state index contributed by atoms with van der Waals surface area (Å²) in [5.74, 6) is 0.750. The molecule has 0 fully saturated rings. The molecule has 194 valence electrons. The van der Waals surface area contributed by atoms with E-state index in [0.29, 0.717) is 99.1 Å². The second kappa shape index (κ2) is 31.5. The standard InChI is InChI=1S/C22H44BrClO8/c23-5-8-26-10-12-28-14-16-30-18-20-32-22-21-31-19-17-29-15-13-27-11-9-25-7-4-2-1-3-6-24/h1-22H2. The van der Waals surface area contributed by atoms with Crippen molar-refractivity contribution >= 4 is 27.5 Å². The molecular formula is C22H44BrClO8. The Morgan fingerprint density at radius 1 is 0.344 bits per heavy atom. The molecule has 0 aliphatic carbocycles. The number of hydrogen-bond acceptors (Lipinski definition) is 8. The Morgan fingerprint density at radius 3 is 0.938 bits per heavy atom. The van der Waals surface area contributed by atoms with Crippen LogP contribution in [0.2, 0.25) is 0 Å². The first kappa shape index (κ1) is 32.5. The minimum atomic E-state index is 0.542. The molecule has 0 saturated heterocycles. The summed E-state index contributed by atoms with van der Waals surface area (Å²) in [5.41, 5.74) is 0. The molecular weight excluding hydrogens is 508 g/mol. The lowest BCUT2D eigenvalue weighted by atomic mass is 10.2.